The fourth-order valence-corrected chi connectivity index (χ4v) is 5.11. The number of hydrogen-bond acceptors (Lipinski definition) is 10. The summed E-state index contributed by atoms with van der Waals surface area (Å²) in [5.41, 5.74) is 5.78. The lowest BCUT2D eigenvalue weighted by Gasteiger charge is -2.33. The smallest absolute Gasteiger partial charge is 0.368 e. The first-order valence-corrected chi connectivity index (χ1v) is 13.0. The molecule has 1 aliphatic heterocycles. The van der Waals surface area contributed by atoms with Crippen LogP contribution < -0.4 is 10.6 Å². The Bertz CT molecular complexity index is 1130. The standard InChI is InChI=1S/C19H26F6N7O4P/c1-30-4-6-31(7-5-30)14-13-15(29-16(26)28-14)32(11-27-13)8-17(2-3-17)34-12-37(33,35-9-18(20,21)22)36-10-19(23,24)25/h11H,2-10,12H2,1H3,(H2,26,28,29). The number of anilines is 2. The Morgan fingerprint density at radius 2 is 1.62 bits per heavy atom. The molecule has 0 bridgehead atoms. The molecular formula is C19H26F6N7O4P. The van der Waals surface area contributed by atoms with Crippen LogP contribution in [0.4, 0.5) is 38.1 Å². The molecule has 2 fully saturated rings. The summed E-state index contributed by atoms with van der Waals surface area (Å²) in [6.07, 6.45) is -8.66. The van der Waals surface area contributed by atoms with Crippen LogP contribution in [0.2, 0.25) is 0 Å². The molecule has 2 aromatic heterocycles. The lowest BCUT2D eigenvalue weighted by Crippen LogP contribution is -2.45. The maximum atomic E-state index is 12.6. The molecule has 4 rings (SSSR count). The molecule has 0 spiro atoms. The van der Waals surface area contributed by atoms with Crippen LogP contribution in [0.5, 0.6) is 0 Å². The van der Waals surface area contributed by atoms with Crippen molar-refractivity contribution >= 4 is 30.5 Å². The molecular weight excluding hydrogens is 535 g/mol. The molecule has 1 aliphatic carbocycles. The number of halogens is 6. The zero-order valence-electron chi connectivity index (χ0n) is 19.8. The number of nitrogen functional groups attached to an aromatic ring is 1. The van der Waals surface area contributed by atoms with E-state index in [1.165, 1.54) is 6.33 Å². The topological polar surface area (TPSA) is 121 Å². The molecule has 18 heteroatoms. The van der Waals surface area contributed by atoms with Gasteiger partial charge in [-0.05, 0) is 19.9 Å². The second-order valence-corrected chi connectivity index (χ2v) is 11.1. The number of ether oxygens (including phenoxy) is 1. The summed E-state index contributed by atoms with van der Waals surface area (Å²) < 4.78 is 104. The predicted octanol–water partition coefficient (Wildman–Crippen LogP) is 3.02. The number of nitrogens with two attached hydrogens (primary N) is 1. The van der Waals surface area contributed by atoms with Gasteiger partial charge in [0.1, 0.15) is 6.35 Å². The van der Waals surface area contributed by atoms with E-state index in [0.29, 0.717) is 42.9 Å². The van der Waals surface area contributed by atoms with Gasteiger partial charge < -0.3 is 24.8 Å². The second-order valence-electron chi connectivity index (χ2n) is 9.09. The Balaban J connectivity index is 1.48. The summed E-state index contributed by atoms with van der Waals surface area (Å²) in [7, 11) is -2.88. The van der Waals surface area contributed by atoms with E-state index < -0.39 is 45.1 Å². The Kier molecular flexibility index (Phi) is 7.65. The van der Waals surface area contributed by atoms with Crippen LogP contribution in [0.25, 0.3) is 11.2 Å². The van der Waals surface area contributed by atoms with Crippen molar-refractivity contribution in [2.75, 3.05) is 63.4 Å². The minimum Gasteiger partial charge on any atom is -0.368 e. The van der Waals surface area contributed by atoms with Crippen LogP contribution in [-0.4, -0.2) is 95.2 Å². The van der Waals surface area contributed by atoms with Gasteiger partial charge in [0.05, 0.1) is 18.5 Å². The Hall–Kier alpha value is -2.20. The minimum atomic E-state index is -4.93. The van der Waals surface area contributed by atoms with Crippen molar-refractivity contribution in [1.82, 2.24) is 24.4 Å². The summed E-state index contributed by atoms with van der Waals surface area (Å²) in [6, 6.07) is 0. The number of likely N-dealkylation sites (N-methyl/N-ethyl adjacent to an activating group) is 1. The SMILES string of the molecule is CN1CCN(c2nc(N)nc3c2ncn3CC2(OCP(=O)(OCC(F)(F)F)OCC(F)(F)F)CC2)CC1. The summed E-state index contributed by atoms with van der Waals surface area (Å²) >= 11 is 0. The molecule has 11 nitrogen and oxygen atoms in total. The summed E-state index contributed by atoms with van der Waals surface area (Å²) in [6.45, 7) is -0.974. The summed E-state index contributed by atoms with van der Waals surface area (Å²) in [5.74, 6) is 0.574. The average Bonchev–Trinajstić information content (AvgIpc) is 3.47. The zero-order valence-corrected chi connectivity index (χ0v) is 20.7. The molecule has 37 heavy (non-hydrogen) atoms. The number of aromatic nitrogens is 4. The number of hydrogen-bond donors (Lipinski definition) is 1. The van der Waals surface area contributed by atoms with Crippen molar-refractivity contribution in [2.24, 2.45) is 0 Å². The molecule has 0 aromatic carbocycles. The maximum Gasteiger partial charge on any atom is 0.412 e. The number of nitrogens with zero attached hydrogens (tertiary/aromatic N) is 6. The monoisotopic (exact) mass is 561 g/mol. The van der Waals surface area contributed by atoms with E-state index >= 15 is 0 Å². The van der Waals surface area contributed by atoms with Gasteiger partial charge >= 0.3 is 19.9 Å². The van der Waals surface area contributed by atoms with Gasteiger partial charge in [0.15, 0.2) is 30.2 Å². The average molecular weight is 561 g/mol. The van der Waals surface area contributed by atoms with Crippen molar-refractivity contribution < 1.29 is 44.7 Å². The largest absolute Gasteiger partial charge is 0.412 e. The molecule has 2 aliphatic rings. The normalized spacial score (nSPS) is 19.1. The highest BCUT2D eigenvalue weighted by Gasteiger charge is 2.48. The summed E-state index contributed by atoms with van der Waals surface area (Å²) in [5, 5.41) is 0. The zero-order chi connectivity index (χ0) is 27.1. The van der Waals surface area contributed by atoms with Gasteiger partial charge in [-0.25, -0.2) is 4.98 Å². The second kappa shape index (κ2) is 10.2. The first kappa shape index (κ1) is 27.8. The first-order valence-electron chi connectivity index (χ1n) is 11.2. The predicted molar refractivity (Wildman–Crippen MR) is 119 cm³/mol. The number of piperazine rings is 1. The third-order valence-electron chi connectivity index (χ3n) is 5.91. The number of fused-ring (bicyclic) bond motifs is 1. The number of alkyl halides is 6. The van der Waals surface area contributed by atoms with Crippen LogP contribution in [0.1, 0.15) is 12.8 Å². The van der Waals surface area contributed by atoms with E-state index in [-0.39, 0.29) is 12.5 Å². The Morgan fingerprint density at radius 3 is 2.16 bits per heavy atom. The van der Waals surface area contributed by atoms with Crippen LogP contribution >= 0.6 is 7.60 Å². The molecule has 0 radical (unpaired) electrons. The molecule has 2 aromatic rings. The van der Waals surface area contributed by atoms with Crippen molar-refractivity contribution in [1.29, 1.82) is 0 Å². The molecule has 0 atom stereocenters. The van der Waals surface area contributed by atoms with Gasteiger partial charge in [-0.15, -0.1) is 0 Å². The van der Waals surface area contributed by atoms with Gasteiger partial charge in [0.2, 0.25) is 5.95 Å². The van der Waals surface area contributed by atoms with Gasteiger partial charge in [0.25, 0.3) is 0 Å². The van der Waals surface area contributed by atoms with Crippen LogP contribution in [-0.2, 0) is 24.9 Å². The van der Waals surface area contributed by atoms with E-state index in [2.05, 4.69) is 28.9 Å². The van der Waals surface area contributed by atoms with E-state index in [1.54, 1.807) is 4.57 Å². The highest BCUT2D eigenvalue weighted by molar-refractivity contribution is 7.53. The Morgan fingerprint density at radius 1 is 1.03 bits per heavy atom. The van der Waals surface area contributed by atoms with E-state index in [0.717, 1.165) is 13.1 Å². The van der Waals surface area contributed by atoms with Crippen molar-refractivity contribution in [3.8, 4) is 0 Å². The molecule has 1 saturated heterocycles. The molecule has 3 heterocycles. The lowest BCUT2D eigenvalue weighted by atomic mass is 10.3. The van der Waals surface area contributed by atoms with Crippen LogP contribution in [0, 0.1) is 0 Å². The first-order chi connectivity index (χ1) is 17.2. The van der Waals surface area contributed by atoms with Gasteiger partial charge in [-0.3, -0.25) is 13.6 Å². The van der Waals surface area contributed by atoms with E-state index in [1.807, 2.05) is 11.9 Å². The van der Waals surface area contributed by atoms with Crippen molar-refractivity contribution in [3.63, 3.8) is 0 Å². The van der Waals surface area contributed by atoms with Crippen LogP contribution in [0.15, 0.2) is 6.33 Å². The minimum absolute atomic E-state index is 0.0135. The van der Waals surface area contributed by atoms with Crippen LogP contribution in [0.3, 0.4) is 0 Å². The molecule has 0 unspecified atom stereocenters. The lowest BCUT2D eigenvalue weighted by molar-refractivity contribution is -0.166. The molecule has 0 amide bonds. The van der Waals surface area contributed by atoms with Gasteiger partial charge in [0, 0.05) is 26.2 Å². The summed E-state index contributed by atoms with van der Waals surface area (Å²) in [4.78, 5) is 17.2. The van der Waals surface area contributed by atoms with Crippen molar-refractivity contribution in [3.05, 3.63) is 6.33 Å². The Labute approximate surface area is 207 Å². The fraction of sp³-hybridized carbons (Fsp3) is 0.737. The number of rotatable bonds is 10. The molecule has 208 valence electrons. The molecule has 2 N–H and O–H groups in total. The maximum absolute atomic E-state index is 12.6. The highest BCUT2D eigenvalue weighted by atomic mass is 31.2. The quantitative estimate of drug-likeness (QED) is 0.342. The highest BCUT2D eigenvalue weighted by Crippen LogP contribution is 2.53. The third kappa shape index (κ3) is 7.44. The fourth-order valence-electron chi connectivity index (χ4n) is 3.77. The third-order valence-corrected chi connectivity index (χ3v) is 7.40. The number of imidazole rings is 1. The van der Waals surface area contributed by atoms with Crippen molar-refractivity contribution in [2.45, 2.75) is 37.3 Å². The van der Waals surface area contributed by atoms with E-state index in [9.17, 15) is 30.9 Å². The van der Waals surface area contributed by atoms with Gasteiger partial charge in [-0.2, -0.15) is 36.3 Å². The molecule has 1 saturated carbocycles. The van der Waals surface area contributed by atoms with Gasteiger partial charge in [-0.1, -0.05) is 0 Å². The van der Waals surface area contributed by atoms with E-state index in [4.69, 9.17) is 10.5 Å².